The summed E-state index contributed by atoms with van der Waals surface area (Å²) in [7, 11) is -3.68. The second-order valence-electron chi connectivity index (χ2n) is 15.9. The Balaban J connectivity index is 1.53. The maximum absolute atomic E-state index is 13.8. The minimum Gasteiger partial charge on any atom is -0.465 e. The monoisotopic (exact) mass is 754 g/mol. The summed E-state index contributed by atoms with van der Waals surface area (Å²) in [6.45, 7) is 17.8. The summed E-state index contributed by atoms with van der Waals surface area (Å²) in [5.41, 5.74) is -0.553. The molecule has 0 saturated carbocycles. The van der Waals surface area contributed by atoms with E-state index in [2.05, 4.69) is 6.58 Å². The van der Waals surface area contributed by atoms with E-state index in [0.29, 0.717) is 43.2 Å². The number of sulfone groups is 1. The summed E-state index contributed by atoms with van der Waals surface area (Å²) < 4.78 is 58.1. The summed E-state index contributed by atoms with van der Waals surface area (Å²) in [6.07, 6.45) is 0.779. The van der Waals surface area contributed by atoms with Gasteiger partial charge in [-0.05, 0) is 88.6 Å². The van der Waals surface area contributed by atoms with Crippen LogP contribution in [-0.4, -0.2) is 75.3 Å². The Morgan fingerprint density at radius 3 is 2.25 bits per heavy atom. The van der Waals surface area contributed by atoms with E-state index in [0.717, 1.165) is 0 Å². The van der Waals surface area contributed by atoms with Gasteiger partial charge in [-0.25, -0.2) is 13.2 Å². The molecule has 0 spiro atoms. The van der Waals surface area contributed by atoms with Gasteiger partial charge in [0.1, 0.15) is 5.60 Å². The van der Waals surface area contributed by atoms with Crippen molar-refractivity contribution in [3.8, 4) is 0 Å². The van der Waals surface area contributed by atoms with Crippen molar-refractivity contribution in [2.75, 3.05) is 19.0 Å². The first-order valence-electron chi connectivity index (χ1n) is 18.8. The lowest BCUT2D eigenvalue weighted by Gasteiger charge is -2.44. The third kappa shape index (κ3) is 11.5. The molecule has 2 aromatic carbocycles. The molecule has 0 aliphatic carbocycles. The van der Waals surface area contributed by atoms with Crippen molar-refractivity contribution in [1.29, 1.82) is 0 Å². The molecule has 10 nitrogen and oxygen atoms in total. The van der Waals surface area contributed by atoms with E-state index < -0.39 is 39.0 Å². The highest BCUT2D eigenvalue weighted by atomic mass is 32.2. The van der Waals surface area contributed by atoms with Crippen LogP contribution in [0.2, 0.25) is 0 Å². The molecular weight excluding hydrogens is 697 g/mol. The molecule has 0 amide bonds. The van der Waals surface area contributed by atoms with Gasteiger partial charge in [0.25, 0.3) is 0 Å². The van der Waals surface area contributed by atoms with E-state index in [1.165, 1.54) is 0 Å². The molecule has 8 atom stereocenters. The Bertz CT molecular complexity index is 1650. The van der Waals surface area contributed by atoms with E-state index in [9.17, 15) is 22.8 Å². The molecule has 0 radical (unpaired) electrons. The summed E-state index contributed by atoms with van der Waals surface area (Å²) in [4.78, 5) is 37.8. The van der Waals surface area contributed by atoms with Gasteiger partial charge in [-0.1, -0.05) is 63.7 Å². The molecule has 2 fully saturated rings. The second-order valence-corrected chi connectivity index (χ2v) is 18.0. The molecule has 2 aliphatic rings. The number of esters is 3. The fourth-order valence-corrected chi connectivity index (χ4v) is 8.90. The zero-order valence-corrected chi connectivity index (χ0v) is 33.2. The highest BCUT2D eigenvalue weighted by Crippen LogP contribution is 2.44. The Morgan fingerprint density at radius 2 is 1.62 bits per heavy atom. The van der Waals surface area contributed by atoms with Crippen LogP contribution in [0.1, 0.15) is 97.3 Å². The molecule has 1 unspecified atom stereocenters. The van der Waals surface area contributed by atoms with Gasteiger partial charge in [0.2, 0.25) is 0 Å². The normalized spacial score (nSPS) is 26.8. The molecule has 11 heteroatoms. The van der Waals surface area contributed by atoms with Crippen molar-refractivity contribution < 1.29 is 46.5 Å². The molecule has 2 heterocycles. The number of carbonyl (C=O) groups excluding carboxylic acids is 3. The lowest BCUT2D eigenvalue weighted by atomic mass is 9.79. The molecule has 2 aromatic rings. The van der Waals surface area contributed by atoms with Crippen LogP contribution >= 0.6 is 0 Å². The molecule has 0 aromatic heterocycles. The molecule has 53 heavy (non-hydrogen) atoms. The molecular formula is C42H58O10S. The smallest absolute Gasteiger partial charge is 0.338 e. The topological polar surface area (TPSA) is 132 Å². The first-order chi connectivity index (χ1) is 24.9. The quantitative estimate of drug-likeness (QED) is 0.0733. The third-order valence-corrected chi connectivity index (χ3v) is 12.2. The molecule has 2 aliphatic heterocycles. The molecule has 0 bridgehead atoms. The SMILES string of the molecule is C=C1C(C[C@@H]2O[C@H](C[C@H](C)COC(=O)c3ccccc3)[C@H](C)[C@H]2CS(=O)(=O)c2ccccc2)O[C@@H](CCCOC(=O)C(C)(C)C)C[C@@]1(C)OC(=O)CC. The van der Waals surface area contributed by atoms with Crippen molar-refractivity contribution in [3.05, 3.63) is 78.4 Å². The number of rotatable bonds is 16. The standard InChI is InChI=1S/C42H58O10S/c1-9-38(43)52-42(8)25-32(19-16-22-48-40(45)41(5,6)7)50-36(30(42)4)24-37-34(27-53(46,47)33-20-14-11-15-21-33)29(3)35(51-37)23-28(2)26-49-39(44)31-17-12-10-13-18-31/h10-15,17-18,20-21,28-29,32,34-37H,4,9,16,19,22-27H2,1-3,5-8H3/t28-,29+,32-,34+,35+,36?,37-,42+/m0/s1. The van der Waals surface area contributed by atoms with Gasteiger partial charge in [0.15, 0.2) is 9.84 Å². The minimum absolute atomic E-state index is 0.0605. The number of ether oxygens (including phenoxy) is 5. The lowest BCUT2D eigenvalue weighted by molar-refractivity contribution is -0.169. The van der Waals surface area contributed by atoms with Gasteiger partial charge >= 0.3 is 17.9 Å². The van der Waals surface area contributed by atoms with Crippen LogP contribution in [0.3, 0.4) is 0 Å². The van der Waals surface area contributed by atoms with Crippen LogP contribution in [-0.2, 0) is 43.1 Å². The van der Waals surface area contributed by atoms with Crippen LogP contribution in [0.4, 0.5) is 0 Å². The first kappa shape index (κ1) is 42.2. The van der Waals surface area contributed by atoms with Gasteiger partial charge in [0.05, 0.1) is 59.3 Å². The van der Waals surface area contributed by atoms with Gasteiger partial charge in [-0.3, -0.25) is 9.59 Å². The Hall–Kier alpha value is -3.54. The second kappa shape index (κ2) is 18.2. The van der Waals surface area contributed by atoms with Gasteiger partial charge in [-0.15, -0.1) is 0 Å². The average molecular weight is 755 g/mol. The number of carbonyl (C=O) groups is 3. The van der Waals surface area contributed by atoms with E-state index in [1.807, 2.05) is 26.8 Å². The summed E-state index contributed by atoms with van der Waals surface area (Å²) in [5, 5.41) is 0. The minimum atomic E-state index is -3.68. The van der Waals surface area contributed by atoms with Crippen molar-refractivity contribution in [2.45, 2.75) is 122 Å². The summed E-state index contributed by atoms with van der Waals surface area (Å²) in [6, 6.07) is 17.2. The number of benzene rings is 2. The molecule has 2 saturated heterocycles. The lowest BCUT2D eigenvalue weighted by Crippen LogP contribution is -2.49. The number of hydrogen-bond acceptors (Lipinski definition) is 10. The Labute approximate surface area is 315 Å². The summed E-state index contributed by atoms with van der Waals surface area (Å²) in [5.74, 6) is -1.76. The van der Waals surface area contributed by atoms with E-state index in [-0.39, 0.29) is 72.2 Å². The van der Waals surface area contributed by atoms with Crippen LogP contribution < -0.4 is 0 Å². The molecule has 292 valence electrons. The van der Waals surface area contributed by atoms with Crippen LogP contribution in [0.25, 0.3) is 0 Å². The maximum Gasteiger partial charge on any atom is 0.338 e. The van der Waals surface area contributed by atoms with Crippen LogP contribution in [0.15, 0.2) is 77.7 Å². The predicted octanol–water partition coefficient (Wildman–Crippen LogP) is 7.55. The zero-order valence-electron chi connectivity index (χ0n) is 32.4. The van der Waals surface area contributed by atoms with Crippen LogP contribution in [0.5, 0.6) is 0 Å². The van der Waals surface area contributed by atoms with Crippen LogP contribution in [0, 0.1) is 23.2 Å². The Morgan fingerprint density at radius 1 is 0.981 bits per heavy atom. The van der Waals surface area contributed by atoms with E-state index >= 15 is 0 Å². The maximum atomic E-state index is 13.8. The molecule has 0 N–H and O–H groups in total. The van der Waals surface area contributed by atoms with Crippen molar-refractivity contribution in [1.82, 2.24) is 0 Å². The molecule has 4 rings (SSSR count). The van der Waals surface area contributed by atoms with Gasteiger partial charge in [-0.2, -0.15) is 0 Å². The van der Waals surface area contributed by atoms with Crippen molar-refractivity contribution in [3.63, 3.8) is 0 Å². The van der Waals surface area contributed by atoms with Crippen molar-refractivity contribution in [2.24, 2.45) is 23.2 Å². The highest BCUT2D eigenvalue weighted by molar-refractivity contribution is 7.91. The highest BCUT2D eigenvalue weighted by Gasteiger charge is 2.49. The van der Waals surface area contributed by atoms with E-state index in [1.54, 1.807) is 82.3 Å². The van der Waals surface area contributed by atoms with Crippen molar-refractivity contribution >= 4 is 27.7 Å². The third-order valence-electron chi connectivity index (χ3n) is 10.4. The largest absolute Gasteiger partial charge is 0.465 e. The zero-order chi connectivity index (χ0) is 39.0. The van der Waals surface area contributed by atoms with E-state index in [4.69, 9.17) is 23.7 Å². The van der Waals surface area contributed by atoms with Gasteiger partial charge < -0.3 is 23.7 Å². The Kier molecular flexibility index (Phi) is 14.5. The first-order valence-corrected chi connectivity index (χ1v) is 20.5. The van der Waals surface area contributed by atoms with Gasteiger partial charge in [0, 0.05) is 25.2 Å². The predicted molar refractivity (Wildman–Crippen MR) is 202 cm³/mol. The fourth-order valence-electron chi connectivity index (χ4n) is 7.11. The average Bonchev–Trinajstić information content (AvgIpc) is 3.39. The number of hydrogen-bond donors (Lipinski definition) is 0. The summed E-state index contributed by atoms with van der Waals surface area (Å²) >= 11 is 0. The fraction of sp³-hybridized carbons (Fsp3) is 0.595.